The van der Waals surface area contributed by atoms with Crippen LogP contribution in [0.4, 0.5) is 0 Å². The van der Waals surface area contributed by atoms with Gasteiger partial charge in [0.05, 0.1) is 0 Å². The first-order valence-corrected chi connectivity index (χ1v) is 8.41. The summed E-state index contributed by atoms with van der Waals surface area (Å²) in [5, 5.41) is 0. The molecule has 2 aliphatic carbocycles. The minimum absolute atomic E-state index is 0. The molecule has 0 aliphatic heterocycles. The molecule has 0 heterocycles. The molecule has 2 saturated carbocycles. The number of hydrogen-bond acceptors (Lipinski definition) is 1. The van der Waals surface area contributed by atoms with Gasteiger partial charge in [-0.3, -0.25) is 4.79 Å². The summed E-state index contributed by atoms with van der Waals surface area (Å²) in [7, 11) is 0. The Morgan fingerprint density at radius 2 is 1.04 bits per heavy atom. The summed E-state index contributed by atoms with van der Waals surface area (Å²) in [4.78, 5) is 10.6. The second-order valence-electron chi connectivity index (χ2n) is 5.70. The molecule has 0 aromatic heterocycles. The molecule has 1 nitrogen and oxygen atoms in total. The van der Waals surface area contributed by atoms with Crippen LogP contribution in [0.15, 0.2) is 48.5 Å². The average Bonchev–Trinajstić information content (AvgIpc) is 3.44. The third kappa shape index (κ3) is 7.02. The molecule has 0 bridgehead atoms. The molecular weight excluding hydrogens is 372 g/mol. The molecule has 130 valence electrons. The predicted octanol–water partition coefficient (Wildman–Crippen LogP) is 4.67. The normalized spacial score (nSPS) is 15.7. The van der Waals surface area contributed by atoms with Crippen molar-refractivity contribution in [2.24, 2.45) is 0 Å². The van der Waals surface area contributed by atoms with Crippen LogP contribution in [-0.2, 0) is 17.1 Å². The van der Waals surface area contributed by atoms with Gasteiger partial charge in [0.2, 0.25) is 0 Å². The molecule has 4 rings (SSSR count). The second-order valence-corrected chi connectivity index (χ2v) is 5.70. The van der Waals surface area contributed by atoms with Gasteiger partial charge in [-0.2, -0.15) is 0 Å². The zero-order chi connectivity index (χ0) is 18.0. The van der Waals surface area contributed by atoms with E-state index < -0.39 is 0 Å². The van der Waals surface area contributed by atoms with E-state index in [-0.39, 0.29) is 17.1 Å². The molecule has 2 heteroatoms. The van der Waals surface area contributed by atoms with Gasteiger partial charge in [-0.1, -0.05) is 36.1 Å². The molecule has 2 aromatic carbocycles. The van der Waals surface area contributed by atoms with Crippen molar-refractivity contribution >= 4 is 6.29 Å². The van der Waals surface area contributed by atoms with Gasteiger partial charge in [0, 0.05) is 22.6 Å². The average molecular weight is 390 g/mol. The summed E-state index contributed by atoms with van der Waals surface area (Å²) in [6.45, 7) is 0. The molecule has 0 unspecified atom stereocenters. The van der Waals surface area contributed by atoms with Crippen LogP contribution in [0.5, 0.6) is 0 Å². The van der Waals surface area contributed by atoms with E-state index in [1.165, 1.54) is 11.5 Å². The summed E-state index contributed by atoms with van der Waals surface area (Å²) in [5.74, 6) is 7.45. The van der Waals surface area contributed by atoms with E-state index in [1.807, 2.05) is 69.2 Å². The van der Waals surface area contributed by atoms with Crippen LogP contribution in [0.3, 0.4) is 0 Å². The first-order chi connectivity index (χ1) is 12.8. The maximum Gasteiger partial charge on any atom is 2.00 e. The Labute approximate surface area is 174 Å². The van der Waals surface area contributed by atoms with E-state index in [0.29, 0.717) is 5.56 Å². The summed E-state index contributed by atoms with van der Waals surface area (Å²) in [5.41, 5.74) is 3.74. The van der Waals surface area contributed by atoms with Crippen LogP contribution < -0.4 is 0 Å². The quantitative estimate of drug-likeness (QED) is 0.414. The van der Waals surface area contributed by atoms with Crippen molar-refractivity contribution < 1.29 is 21.9 Å². The number of aldehydes is 1. The molecule has 0 saturated heterocycles. The van der Waals surface area contributed by atoms with E-state index in [2.05, 4.69) is 36.8 Å². The first kappa shape index (κ1) is 21.5. The first-order valence-electron chi connectivity index (χ1n) is 8.41. The number of carbonyl (C=O) groups is 1. The largest absolute Gasteiger partial charge is 2.00 e. The van der Waals surface area contributed by atoms with Crippen molar-refractivity contribution in [2.75, 3.05) is 0 Å². The van der Waals surface area contributed by atoms with Gasteiger partial charge >= 0.3 is 17.1 Å². The number of benzene rings is 2. The fourth-order valence-electron chi connectivity index (χ4n) is 2.42. The number of carbonyl (C=O) groups excluding carboxylic acids is 1. The Morgan fingerprint density at radius 1 is 0.593 bits per heavy atom. The molecule has 0 amide bonds. The summed E-state index contributed by atoms with van der Waals surface area (Å²) < 4.78 is 0. The van der Waals surface area contributed by atoms with Crippen LogP contribution >= 0.6 is 0 Å². The van der Waals surface area contributed by atoms with E-state index >= 15 is 0 Å². The van der Waals surface area contributed by atoms with Crippen LogP contribution in [0.2, 0.25) is 0 Å². The summed E-state index contributed by atoms with van der Waals surface area (Å²) in [6, 6.07) is 15.5. The Hall–Kier alpha value is -1.81. The SMILES string of the molecule is O=Cc1ccc(C#Cc2ccc([C]3[CH][CH][CH][CH]3)cc2)cc1.[CH]1[CH][CH][CH][CH]1.[Fe+2]. The molecule has 10 radical (unpaired) electrons. The monoisotopic (exact) mass is 390 g/mol. The molecule has 2 aliphatic rings. The number of hydrogen-bond donors (Lipinski definition) is 0. The molecule has 0 atom stereocenters. The summed E-state index contributed by atoms with van der Waals surface area (Å²) >= 11 is 0. The van der Waals surface area contributed by atoms with Crippen molar-refractivity contribution in [3.05, 3.63) is 134 Å². The molecule has 0 spiro atoms. The molecule has 2 fully saturated rings. The van der Waals surface area contributed by atoms with Gasteiger partial charge in [0.15, 0.2) is 0 Å². The van der Waals surface area contributed by atoms with Crippen molar-refractivity contribution in [1.29, 1.82) is 0 Å². The smallest absolute Gasteiger partial charge is 0.298 e. The van der Waals surface area contributed by atoms with E-state index in [1.54, 1.807) is 12.1 Å². The third-order valence-electron chi connectivity index (χ3n) is 3.83. The fraction of sp³-hybridized carbons (Fsp3) is 0. The zero-order valence-electron chi connectivity index (χ0n) is 14.7. The topological polar surface area (TPSA) is 17.1 Å². The molecule has 0 N–H and O–H groups in total. The predicted molar refractivity (Wildman–Crippen MR) is 105 cm³/mol. The Balaban J connectivity index is 0.000000379. The minimum atomic E-state index is 0. The van der Waals surface area contributed by atoms with E-state index in [4.69, 9.17) is 0 Å². The van der Waals surface area contributed by atoms with Gasteiger partial charge in [-0.15, -0.1) is 0 Å². The van der Waals surface area contributed by atoms with Crippen LogP contribution in [0.1, 0.15) is 27.0 Å². The van der Waals surface area contributed by atoms with Crippen molar-refractivity contribution in [1.82, 2.24) is 0 Å². The Morgan fingerprint density at radius 3 is 1.48 bits per heavy atom. The minimum Gasteiger partial charge on any atom is -0.298 e. The van der Waals surface area contributed by atoms with E-state index in [0.717, 1.165) is 17.4 Å². The van der Waals surface area contributed by atoms with Gasteiger partial charge < -0.3 is 0 Å². The third-order valence-corrected chi connectivity index (χ3v) is 3.83. The summed E-state index contributed by atoms with van der Waals surface area (Å²) in [6.07, 6.45) is 19.1. The zero-order valence-corrected chi connectivity index (χ0v) is 15.8. The number of rotatable bonds is 2. The van der Waals surface area contributed by atoms with Gasteiger partial charge in [-0.05, 0) is 87.6 Å². The standard InChI is InChI=1S/C20H13O.C5H5.Fe/c21-15-18-9-7-16(8-10-18)5-6-17-11-13-20(14-12-17)19-3-1-2-4-19;1-2-4-5-3-1;/h1-4,7-15H;1-5H;/q;;+2. The van der Waals surface area contributed by atoms with Crippen LogP contribution in [-0.4, -0.2) is 6.29 Å². The molecule has 2 aromatic rings. The Bertz CT molecular complexity index is 732. The second kappa shape index (κ2) is 11.8. The van der Waals surface area contributed by atoms with Crippen molar-refractivity contribution in [3.63, 3.8) is 0 Å². The molecular formula is C25H18FeO+2. The van der Waals surface area contributed by atoms with Gasteiger partial charge in [-0.25, -0.2) is 0 Å². The van der Waals surface area contributed by atoms with E-state index in [9.17, 15) is 4.79 Å². The maximum atomic E-state index is 10.6. The van der Waals surface area contributed by atoms with Crippen molar-refractivity contribution in [3.8, 4) is 11.8 Å². The fourth-order valence-corrected chi connectivity index (χ4v) is 2.42. The van der Waals surface area contributed by atoms with Gasteiger partial charge in [0.25, 0.3) is 0 Å². The maximum absolute atomic E-state index is 10.6. The van der Waals surface area contributed by atoms with Crippen molar-refractivity contribution in [2.45, 2.75) is 0 Å². The van der Waals surface area contributed by atoms with Crippen LogP contribution in [0.25, 0.3) is 0 Å². The van der Waals surface area contributed by atoms with Gasteiger partial charge in [0.1, 0.15) is 6.29 Å². The molecule has 27 heavy (non-hydrogen) atoms. The van der Waals surface area contributed by atoms with Crippen LogP contribution in [0, 0.1) is 75.5 Å². The Kier molecular flexibility index (Phi) is 9.40.